The molecule has 1 fully saturated rings. The molecule has 1 saturated carbocycles. The fourth-order valence-corrected chi connectivity index (χ4v) is 1.59. The molecule has 0 bridgehead atoms. The van der Waals surface area contributed by atoms with Gasteiger partial charge in [0.1, 0.15) is 0 Å². The SMILES string of the molecule is CC1CC1CNCc1ccncc1. The van der Waals surface area contributed by atoms with E-state index in [4.69, 9.17) is 0 Å². The third-order valence-corrected chi connectivity index (χ3v) is 2.76. The van der Waals surface area contributed by atoms with Crippen molar-refractivity contribution in [1.82, 2.24) is 10.3 Å². The predicted octanol–water partition coefficient (Wildman–Crippen LogP) is 1.83. The summed E-state index contributed by atoms with van der Waals surface area (Å²) < 4.78 is 0. The fraction of sp³-hybridized carbons (Fsp3) is 0.545. The Labute approximate surface area is 79.4 Å². The van der Waals surface area contributed by atoms with E-state index in [1.807, 2.05) is 12.4 Å². The first-order valence-corrected chi connectivity index (χ1v) is 4.96. The van der Waals surface area contributed by atoms with Gasteiger partial charge in [-0.15, -0.1) is 0 Å². The van der Waals surface area contributed by atoms with Crippen molar-refractivity contribution in [3.8, 4) is 0 Å². The standard InChI is InChI=1S/C11H16N2/c1-9-6-11(9)8-13-7-10-2-4-12-5-3-10/h2-5,9,11,13H,6-8H2,1H3. The van der Waals surface area contributed by atoms with Crippen LogP contribution in [0.15, 0.2) is 24.5 Å². The van der Waals surface area contributed by atoms with Crippen molar-refractivity contribution in [3.05, 3.63) is 30.1 Å². The van der Waals surface area contributed by atoms with Gasteiger partial charge < -0.3 is 5.32 Å². The van der Waals surface area contributed by atoms with Crippen molar-refractivity contribution >= 4 is 0 Å². The molecular formula is C11H16N2. The highest BCUT2D eigenvalue weighted by Gasteiger charge is 2.31. The van der Waals surface area contributed by atoms with Gasteiger partial charge >= 0.3 is 0 Å². The molecule has 1 aromatic rings. The molecule has 1 aliphatic carbocycles. The summed E-state index contributed by atoms with van der Waals surface area (Å²) in [7, 11) is 0. The Morgan fingerprint density at radius 3 is 2.77 bits per heavy atom. The first kappa shape index (κ1) is 8.70. The zero-order valence-electron chi connectivity index (χ0n) is 8.03. The topological polar surface area (TPSA) is 24.9 Å². The Hall–Kier alpha value is -0.890. The summed E-state index contributed by atoms with van der Waals surface area (Å²) in [5.41, 5.74) is 1.32. The lowest BCUT2D eigenvalue weighted by Gasteiger charge is -2.02. The van der Waals surface area contributed by atoms with Crippen LogP contribution in [0.3, 0.4) is 0 Å². The van der Waals surface area contributed by atoms with Gasteiger partial charge in [-0.3, -0.25) is 4.98 Å². The van der Waals surface area contributed by atoms with Gasteiger partial charge in [0.05, 0.1) is 0 Å². The average molecular weight is 176 g/mol. The molecule has 2 unspecified atom stereocenters. The second-order valence-electron chi connectivity index (χ2n) is 3.96. The quantitative estimate of drug-likeness (QED) is 0.757. The van der Waals surface area contributed by atoms with E-state index in [0.29, 0.717) is 0 Å². The number of nitrogens with one attached hydrogen (secondary N) is 1. The van der Waals surface area contributed by atoms with Gasteiger partial charge in [-0.2, -0.15) is 0 Å². The molecule has 1 heterocycles. The molecule has 0 aromatic carbocycles. The molecule has 70 valence electrons. The predicted molar refractivity (Wildman–Crippen MR) is 53.2 cm³/mol. The van der Waals surface area contributed by atoms with E-state index in [0.717, 1.165) is 18.4 Å². The number of aromatic nitrogens is 1. The first-order valence-electron chi connectivity index (χ1n) is 4.96. The molecule has 0 radical (unpaired) electrons. The Balaban J connectivity index is 1.68. The molecule has 0 spiro atoms. The van der Waals surface area contributed by atoms with Crippen molar-refractivity contribution in [3.63, 3.8) is 0 Å². The van der Waals surface area contributed by atoms with Crippen molar-refractivity contribution in [1.29, 1.82) is 0 Å². The monoisotopic (exact) mass is 176 g/mol. The summed E-state index contributed by atoms with van der Waals surface area (Å²) in [5.74, 6) is 1.88. The third kappa shape index (κ3) is 2.52. The lowest BCUT2D eigenvalue weighted by Crippen LogP contribution is -2.16. The van der Waals surface area contributed by atoms with Crippen LogP contribution >= 0.6 is 0 Å². The minimum atomic E-state index is 0.932. The lowest BCUT2D eigenvalue weighted by atomic mass is 10.2. The zero-order chi connectivity index (χ0) is 9.10. The van der Waals surface area contributed by atoms with E-state index in [1.54, 1.807) is 0 Å². The summed E-state index contributed by atoms with van der Waals surface area (Å²) in [6.45, 7) is 4.47. The van der Waals surface area contributed by atoms with Gasteiger partial charge in [0.15, 0.2) is 0 Å². The Kier molecular flexibility index (Phi) is 2.60. The van der Waals surface area contributed by atoms with Gasteiger partial charge in [-0.05, 0) is 42.5 Å². The van der Waals surface area contributed by atoms with E-state index in [-0.39, 0.29) is 0 Å². The van der Waals surface area contributed by atoms with Crippen molar-refractivity contribution in [2.24, 2.45) is 11.8 Å². The Morgan fingerprint density at radius 2 is 2.15 bits per heavy atom. The van der Waals surface area contributed by atoms with Crippen molar-refractivity contribution in [2.45, 2.75) is 19.9 Å². The zero-order valence-corrected chi connectivity index (χ0v) is 8.03. The fourth-order valence-electron chi connectivity index (χ4n) is 1.59. The number of hydrogen-bond donors (Lipinski definition) is 1. The van der Waals surface area contributed by atoms with E-state index in [2.05, 4.69) is 29.4 Å². The van der Waals surface area contributed by atoms with E-state index in [1.165, 1.54) is 18.5 Å². The molecule has 13 heavy (non-hydrogen) atoms. The van der Waals surface area contributed by atoms with Crippen LogP contribution in [0.4, 0.5) is 0 Å². The summed E-state index contributed by atoms with van der Waals surface area (Å²) in [6, 6.07) is 4.12. The number of nitrogens with zero attached hydrogens (tertiary/aromatic N) is 1. The normalized spacial score (nSPS) is 25.9. The molecule has 1 N–H and O–H groups in total. The van der Waals surface area contributed by atoms with Crippen LogP contribution in [0.2, 0.25) is 0 Å². The second-order valence-corrected chi connectivity index (χ2v) is 3.96. The van der Waals surface area contributed by atoms with E-state index < -0.39 is 0 Å². The molecular weight excluding hydrogens is 160 g/mol. The lowest BCUT2D eigenvalue weighted by molar-refractivity contribution is 0.611. The minimum absolute atomic E-state index is 0.932. The van der Waals surface area contributed by atoms with Crippen LogP contribution in [0.25, 0.3) is 0 Å². The molecule has 2 nitrogen and oxygen atoms in total. The highest BCUT2D eigenvalue weighted by atomic mass is 14.9. The summed E-state index contributed by atoms with van der Waals surface area (Å²) in [5, 5.41) is 3.47. The van der Waals surface area contributed by atoms with Gasteiger partial charge in [0.2, 0.25) is 0 Å². The molecule has 2 atom stereocenters. The summed E-state index contributed by atoms with van der Waals surface area (Å²) in [4.78, 5) is 3.99. The van der Waals surface area contributed by atoms with Crippen LogP contribution in [0.5, 0.6) is 0 Å². The molecule has 0 amide bonds. The third-order valence-electron chi connectivity index (χ3n) is 2.76. The van der Waals surface area contributed by atoms with Crippen LogP contribution in [0, 0.1) is 11.8 Å². The number of pyridine rings is 1. The van der Waals surface area contributed by atoms with Crippen LogP contribution in [-0.2, 0) is 6.54 Å². The molecule has 2 rings (SSSR count). The largest absolute Gasteiger partial charge is 0.312 e. The smallest absolute Gasteiger partial charge is 0.0271 e. The van der Waals surface area contributed by atoms with Crippen LogP contribution < -0.4 is 5.32 Å². The van der Waals surface area contributed by atoms with Gasteiger partial charge in [0, 0.05) is 18.9 Å². The van der Waals surface area contributed by atoms with Crippen molar-refractivity contribution < 1.29 is 0 Å². The molecule has 1 aliphatic rings. The minimum Gasteiger partial charge on any atom is -0.312 e. The van der Waals surface area contributed by atoms with Gasteiger partial charge in [0.25, 0.3) is 0 Å². The van der Waals surface area contributed by atoms with Crippen molar-refractivity contribution in [2.75, 3.05) is 6.54 Å². The molecule has 0 aliphatic heterocycles. The summed E-state index contributed by atoms with van der Waals surface area (Å²) >= 11 is 0. The number of rotatable bonds is 4. The molecule has 1 aromatic heterocycles. The van der Waals surface area contributed by atoms with E-state index >= 15 is 0 Å². The maximum Gasteiger partial charge on any atom is 0.0271 e. The highest BCUT2D eigenvalue weighted by Crippen LogP contribution is 2.36. The Bertz CT molecular complexity index is 258. The maximum absolute atomic E-state index is 3.99. The summed E-state index contributed by atoms with van der Waals surface area (Å²) in [6.07, 6.45) is 5.09. The average Bonchev–Trinajstić information content (AvgIpc) is 2.84. The van der Waals surface area contributed by atoms with Crippen LogP contribution in [-0.4, -0.2) is 11.5 Å². The second kappa shape index (κ2) is 3.88. The molecule has 2 heteroatoms. The highest BCUT2D eigenvalue weighted by molar-refractivity contribution is 5.09. The Morgan fingerprint density at radius 1 is 1.46 bits per heavy atom. The van der Waals surface area contributed by atoms with Gasteiger partial charge in [-0.25, -0.2) is 0 Å². The first-order chi connectivity index (χ1) is 6.36. The number of hydrogen-bond acceptors (Lipinski definition) is 2. The van der Waals surface area contributed by atoms with E-state index in [9.17, 15) is 0 Å². The molecule has 0 saturated heterocycles. The van der Waals surface area contributed by atoms with Crippen LogP contribution in [0.1, 0.15) is 18.9 Å². The maximum atomic E-state index is 3.99. The van der Waals surface area contributed by atoms with Gasteiger partial charge in [-0.1, -0.05) is 6.92 Å².